The zero-order valence-electron chi connectivity index (χ0n) is 20.6. The van der Waals surface area contributed by atoms with E-state index in [-0.39, 0.29) is 24.4 Å². The van der Waals surface area contributed by atoms with Crippen LogP contribution < -0.4 is 15.0 Å². The lowest BCUT2D eigenvalue weighted by molar-refractivity contribution is 0.0885. The predicted octanol–water partition coefficient (Wildman–Crippen LogP) is 3.15. The Morgan fingerprint density at radius 2 is 2.09 bits per heavy atom. The molecule has 2 aromatic rings. The van der Waals surface area contributed by atoms with Crippen LogP contribution in [0.25, 0.3) is 0 Å². The van der Waals surface area contributed by atoms with Crippen molar-refractivity contribution in [1.82, 2.24) is 15.5 Å². The average molecular weight is 491 g/mol. The van der Waals surface area contributed by atoms with Crippen LogP contribution in [0.1, 0.15) is 61.3 Å². The summed E-state index contributed by atoms with van der Waals surface area (Å²) in [4.78, 5) is 18.8. The number of carbonyl (C=O) groups is 1. The minimum absolute atomic E-state index is 0.0119. The van der Waals surface area contributed by atoms with Crippen molar-refractivity contribution in [1.29, 1.82) is 0 Å². The highest BCUT2D eigenvalue weighted by molar-refractivity contribution is 5.96. The number of aliphatic hydroxyl groups is 1. The first-order valence-electron chi connectivity index (χ1n) is 12.3. The van der Waals surface area contributed by atoms with E-state index in [4.69, 9.17) is 14.0 Å². The second-order valence-corrected chi connectivity index (χ2v) is 9.95. The van der Waals surface area contributed by atoms with Gasteiger partial charge in [0.05, 0.1) is 32.0 Å². The Balaban J connectivity index is 1.17. The van der Waals surface area contributed by atoms with E-state index in [1.54, 1.807) is 12.1 Å². The van der Waals surface area contributed by atoms with Gasteiger partial charge in [-0.1, -0.05) is 0 Å². The quantitative estimate of drug-likeness (QED) is 0.516. The van der Waals surface area contributed by atoms with Crippen molar-refractivity contribution in [2.45, 2.75) is 64.3 Å². The number of rotatable bonds is 9. The van der Waals surface area contributed by atoms with E-state index in [1.807, 2.05) is 17.9 Å². The van der Waals surface area contributed by atoms with Crippen LogP contribution in [0.15, 0.2) is 22.7 Å². The minimum Gasteiger partial charge on any atom is -0.494 e. The van der Waals surface area contributed by atoms with Gasteiger partial charge in [0.15, 0.2) is 5.67 Å². The summed E-state index contributed by atoms with van der Waals surface area (Å²) in [6, 6.07) is 5.05. The van der Waals surface area contributed by atoms with Gasteiger partial charge in [0.1, 0.15) is 5.75 Å². The summed E-state index contributed by atoms with van der Waals surface area (Å²) in [5, 5.41) is 16.6. The molecular formula is C25H35FN4O5. The second-order valence-electron chi connectivity index (χ2n) is 9.95. The molecule has 0 spiro atoms. The number of halogens is 1. The fourth-order valence-electron chi connectivity index (χ4n) is 4.48. The summed E-state index contributed by atoms with van der Waals surface area (Å²) in [7, 11) is 0. The van der Waals surface area contributed by atoms with Gasteiger partial charge in [0.25, 0.3) is 17.7 Å². The summed E-state index contributed by atoms with van der Waals surface area (Å²) in [5.41, 5.74) is -0.253. The molecular weight excluding hydrogens is 455 g/mol. The number of piperidine rings is 1. The maximum atomic E-state index is 14.0. The Morgan fingerprint density at radius 1 is 1.31 bits per heavy atom. The molecule has 2 atom stereocenters. The third kappa shape index (κ3) is 6.49. The number of aromatic nitrogens is 2. The number of benzene rings is 1. The van der Waals surface area contributed by atoms with Gasteiger partial charge in [-0.05, 0) is 81.3 Å². The number of anilines is 1. The summed E-state index contributed by atoms with van der Waals surface area (Å²) in [5.74, 6) is 1.59. The SMILES string of the molecule is Cc1cc(OCCCC2CCN(c3noc(C(C)(C)F)n3)CC2)ccc1C(=O)N[C@@H]1COC[C@H]1O. The Hall–Kier alpha value is -2.72. The standard InChI is InChI=1S/C25H35FN4O5/c1-16-13-18(6-7-19(16)22(32)27-20-14-33-15-21(20)31)34-12-4-5-17-8-10-30(11-9-17)24-28-23(35-29-24)25(2,3)26/h6-7,13,17,20-21,31H,4-5,8-12,14-15H2,1-3H3,(H,27,32)/t20-,21-/m1/s1. The van der Waals surface area contributed by atoms with Crippen LogP contribution in [0.3, 0.4) is 0 Å². The van der Waals surface area contributed by atoms with Gasteiger partial charge in [-0.2, -0.15) is 4.98 Å². The van der Waals surface area contributed by atoms with Gasteiger partial charge < -0.3 is 29.3 Å². The number of amides is 1. The number of carbonyl (C=O) groups excluding carboxylic acids is 1. The molecule has 2 aliphatic heterocycles. The molecule has 0 saturated carbocycles. The summed E-state index contributed by atoms with van der Waals surface area (Å²) < 4.78 is 30.1. The van der Waals surface area contributed by atoms with Crippen molar-refractivity contribution in [3.63, 3.8) is 0 Å². The maximum absolute atomic E-state index is 14.0. The van der Waals surface area contributed by atoms with Gasteiger partial charge in [-0.15, -0.1) is 0 Å². The number of nitrogens with zero attached hydrogens (tertiary/aromatic N) is 3. The van der Waals surface area contributed by atoms with Gasteiger partial charge in [0, 0.05) is 18.7 Å². The first-order chi connectivity index (χ1) is 16.7. The molecule has 2 aliphatic rings. The van der Waals surface area contributed by atoms with Gasteiger partial charge in [0.2, 0.25) is 0 Å². The Bertz CT molecular complexity index is 1000. The average Bonchev–Trinajstić information content (AvgIpc) is 3.47. The number of hydrogen-bond acceptors (Lipinski definition) is 8. The molecule has 192 valence electrons. The number of ether oxygens (including phenoxy) is 2. The number of alkyl halides is 1. The molecule has 3 heterocycles. The van der Waals surface area contributed by atoms with Crippen molar-refractivity contribution < 1.29 is 28.3 Å². The van der Waals surface area contributed by atoms with Crippen LogP contribution in [0.2, 0.25) is 0 Å². The summed E-state index contributed by atoms with van der Waals surface area (Å²) in [6.07, 6.45) is 3.37. The lowest BCUT2D eigenvalue weighted by atomic mass is 9.92. The fourth-order valence-corrected chi connectivity index (χ4v) is 4.48. The molecule has 1 aromatic carbocycles. The number of nitrogens with one attached hydrogen (secondary N) is 1. The Kier molecular flexibility index (Phi) is 7.91. The Morgan fingerprint density at radius 3 is 2.71 bits per heavy atom. The highest BCUT2D eigenvalue weighted by Crippen LogP contribution is 2.28. The van der Waals surface area contributed by atoms with Crippen molar-refractivity contribution in [2.24, 2.45) is 5.92 Å². The second kappa shape index (κ2) is 10.9. The number of hydrogen-bond donors (Lipinski definition) is 2. The van der Waals surface area contributed by atoms with E-state index in [2.05, 4.69) is 15.5 Å². The lowest BCUT2D eigenvalue weighted by Crippen LogP contribution is -2.42. The van der Waals surface area contributed by atoms with E-state index in [9.17, 15) is 14.3 Å². The monoisotopic (exact) mass is 490 g/mol. The van der Waals surface area contributed by atoms with Crippen molar-refractivity contribution in [3.8, 4) is 5.75 Å². The predicted molar refractivity (Wildman–Crippen MR) is 127 cm³/mol. The molecule has 2 fully saturated rings. The molecule has 10 heteroatoms. The summed E-state index contributed by atoms with van der Waals surface area (Å²) in [6.45, 7) is 7.51. The van der Waals surface area contributed by atoms with Crippen LogP contribution in [0.5, 0.6) is 5.75 Å². The van der Waals surface area contributed by atoms with Crippen LogP contribution in [0.4, 0.5) is 10.3 Å². The van der Waals surface area contributed by atoms with Crippen LogP contribution >= 0.6 is 0 Å². The Labute approximate surface area is 205 Å². The lowest BCUT2D eigenvalue weighted by Gasteiger charge is -2.30. The van der Waals surface area contributed by atoms with E-state index < -0.39 is 11.8 Å². The molecule has 2 saturated heterocycles. The van der Waals surface area contributed by atoms with Crippen molar-refractivity contribution >= 4 is 11.9 Å². The summed E-state index contributed by atoms with van der Waals surface area (Å²) >= 11 is 0. The van der Waals surface area contributed by atoms with E-state index >= 15 is 0 Å². The van der Waals surface area contributed by atoms with Gasteiger partial charge in [-0.3, -0.25) is 4.79 Å². The molecule has 0 unspecified atom stereocenters. The molecule has 0 bridgehead atoms. The molecule has 1 amide bonds. The highest BCUT2D eigenvalue weighted by Gasteiger charge is 2.30. The van der Waals surface area contributed by atoms with Crippen LogP contribution in [-0.4, -0.2) is 66.2 Å². The molecule has 2 N–H and O–H groups in total. The molecule has 9 nitrogen and oxygen atoms in total. The maximum Gasteiger partial charge on any atom is 0.266 e. The largest absolute Gasteiger partial charge is 0.494 e. The topological polar surface area (TPSA) is 110 Å². The van der Waals surface area contributed by atoms with Gasteiger partial charge in [-0.25, -0.2) is 4.39 Å². The molecule has 35 heavy (non-hydrogen) atoms. The minimum atomic E-state index is -1.64. The normalized spacial score (nSPS) is 21.3. The van der Waals surface area contributed by atoms with E-state index in [1.165, 1.54) is 13.8 Å². The van der Waals surface area contributed by atoms with Crippen molar-refractivity contribution in [3.05, 3.63) is 35.2 Å². The van der Waals surface area contributed by atoms with E-state index in [0.717, 1.165) is 50.1 Å². The third-order valence-corrected chi connectivity index (χ3v) is 6.66. The molecule has 4 rings (SSSR count). The number of aliphatic hydroxyl groups excluding tert-OH is 1. The number of aryl methyl sites for hydroxylation is 1. The third-order valence-electron chi connectivity index (χ3n) is 6.66. The smallest absolute Gasteiger partial charge is 0.266 e. The highest BCUT2D eigenvalue weighted by atomic mass is 19.1. The first kappa shape index (κ1) is 25.4. The molecule has 1 aromatic heterocycles. The van der Waals surface area contributed by atoms with E-state index in [0.29, 0.717) is 30.6 Å². The zero-order valence-corrected chi connectivity index (χ0v) is 20.6. The fraction of sp³-hybridized carbons (Fsp3) is 0.640. The molecule has 0 aliphatic carbocycles. The van der Waals surface area contributed by atoms with Crippen molar-refractivity contribution in [2.75, 3.05) is 37.8 Å². The van der Waals surface area contributed by atoms with Gasteiger partial charge >= 0.3 is 0 Å². The van der Waals surface area contributed by atoms with Crippen LogP contribution in [0, 0.1) is 12.8 Å². The zero-order chi connectivity index (χ0) is 25.0. The molecule has 0 radical (unpaired) electrons. The first-order valence-corrected chi connectivity index (χ1v) is 12.3. The van der Waals surface area contributed by atoms with Crippen LogP contribution in [-0.2, 0) is 10.4 Å².